The van der Waals surface area contributed by atoms with Crippen molar-refractivity contribution in [3.05, 3.63) is 0 Å². The lowest BCUT2D eigenvalue weighted by atomic mass is 9.83. The van der Waals surface area contributed by atoms with Gasteiger partial charge in [0.05, 0.1) is 6.26 Å². The number of hydrogen-bond acceptors (Lipinski definition) is 4. The molecule has 2 aliphatic rings. The highest BCUT2D eigenvalue weighted by Crippen LogP contribution is 2.41. The first kappa shape index (κ1) is 23.4. The van der Waals surface area contributed by atoms with E-state index in [9.17, 15) is 8.42 Å². The Bertz CT molecular complexity index is 580. The van der Waals surface area contributed by atoms with E-state index in [1.54, 1.807) is 4.31 Å². The van der Waals surface area contributed by atoms with Crippen molar-refractivity contribution in [2.24, 2.45) is 16.3 Å². The molecule has 2 N–H and O–H groups in total. The molecule has 164 valence electrons. The van der Waals surface area contributed by atoms with Crippen molar-refractivity contribution < 1.29 is 13.2 Å². The van der Waals surface area contributed by atoms with Gasteiger partial charge in [-0.25, -0.2) is 12.7 Å². The van der Waals surface area contributed by atoms with Gasteiger partial charge in [0.15, 0.2) is 5.96 Å². The Morgan fingerprint density at radius 2 is 1.86 bits per heavy atom. The van der Waals surface area contributed by atoms with Crippen LogP contribution in [0.5, 0.6) is 0 Å². The number of ether oxygens (including phenoxy) is 1. The molecule has 0 aromatic heterocycles. The van der Waals surface area contributed by atoms with Gasteiger partial charge >= 0.3 is 0 Å². The quantitative estimate of drug-likeness (QED) is 0.324. The van der Waals surface area contributed by atoms with E-state index in [-0.39, 0.29) is 0 Å². The normalized spacial score (nSPS) is 21.8. The number of rotatable bonds is 10. The molecule has 1 aliphatic carbocycles. The molecule has 0 radical (unpaired) electrons. The van der Waals surface area contributed by atoms with Gasteiger partial charge in [0, 0.05) is 45.9 Å². The highest BCUT2D eigenvalue weighted by atomic mass is 32.2. The molecular weight excluding hydrogens is 376 g/mol. The first-order valence-corrected chi connectivity index (χ1v) is 12.8. The number of aliphatic imine (C=N–C) groups is 1. The van der Waals surface area contributed by atoms with E-state index in [0.29, 0.717) is 24.4 Å². The smallest absolute Gasteiger partial charge is 0.211 e. The van der Waals surface area contributed by atoms with E-state index in [1.165, 1.54) is 31.9 Å². The Morgan fingerprint density at radius 3 is 2.43 bits per heavy atom. The zero-order valence-corrected chi connectivity index (χ0v) is 18.8. The van der Waals surface area contributed by atoms with Gasteiger partial charge in [-0.05, 0) is 57.3 Å². The molecule has 0 atom stereocenters. The molecule has 28 heavy (non-hydrogen) atoms. The first-order valence-electron chi connectivity index (χ1n) is 10.9. The Balaban J connectivity index is 1.84. The van der Waals surface area contributed by atoms with Gasteiger partial charge in [-0.3, -0.25) is 4.99 Å². The van der Waals surface area contributed by atoms with Crippen LogP contribution in [-0.2, 0) is 14.8 Å². The van der Waals surface area contributed by atoms with Crippen molar-refractivity contribution in [3.63, 3.8) is 0 Å². The fourth-order valence-corrected chi connectivity index (χ4v) is 5.19. The fourth-order valence-electron chi connectivity index (χ4n) is 4.32. The van der Waals surface area contributed by atoms with Crippen molar-refractivity contribution >= 4 is 16.0 Å². The van der Waals surface area contributed by atoms with Gasteiger partial charge in [0.25, 0.3) is 0 Å². The average molecular weight is 417 g/mol. The Labute approximate surface area is 171 Å². The van der Waals surface area contributed by atoms with Crippen LogP contribution in [0.2, 0.25) is 0 Å². The van der Waals surface area contributed by atoms with Crippen molar-refractivity contribution in [3.8, 4) is 0 Å². The zero-order valence-electron chi connectivity index (χ0n) is 18.0. The van der Waals surface area contributed by atoms with Crippen molar-refractivity contribution in [2.75, 3.05) is 52.2 Å². The number of sulfonamides is 1. The standard InChI is InChI=1S/C20H40N4O3S/c1-4-21-19(22-16-18-8-13-24(14-9-18)28(3,25)26)23-17-20(10-6-7-11-20)12-15-27-5-2/h18H,4-17H2,1-3H3,(H2,21,22,23). The third-order valence-electron chi connectivity index (χ3n) is 6.16. The molecule has 2 fully saturated rings. The lowest BCUT2D eigenvalue weighted by Gasteiger charge is -2.31. The largest absolute Gasteiger partial charge is 0.382 e. The molecule has 0 aromatic carbocycles. The van der Waals surface area contributed by atoms with Crippen LogP contribution in [0.1, 0.15) is 58.8 Å². The highest BCUT2D eigenvalue weighted by Gasteiger charge is 2.33. The van der Waals surface area contributed by atoms with Crippen LogP contribution < -0.4 is 10.6 Å². The van der Waals surface area contributed by atoms with E-state index < -0.39 is 10.0 Å². The predicted molar refractivity (Wildman–Crippen MR) is 115 cm³/mol. The SMILES string of the molecule is CCNC(=NCC1(CCOCC)CCCC1)NCC1CCN(S(C)(=O)=O)CC1. The minimum atomic E-state index is -3.06. The zero-order chi connectivity index (χ0) is 20.5. The second kappa shape index (κ2) is 11.4. The molecule has 1 heterocycles. The van der Waals surface area contributed by atoms with Gasteiger partial charge in [-0.2, -0.15) is 0 Å². The summed E-state index contributed by atoms with van der Waals surface area (Å²) in [6.45, 7) is 9.52. The lowest BCUT2D eigenvalue weighted by molar-refractivity contribution is 0.107. The molecule has 0 aromatic rings. The predicted octanol–water partition coefficient (Wildman–Crippen LogP) is 2.20. The number of guanidine groups is 1. The summed E-state index contributed by atoms with van der Waals surface area (Å²) in [5, 5.41) is 6.86. The molecule has 0 bridgehead atoms. The maximum absolute atomic E-state index is 11.7. The van der Waals surface area contributed by atoms with Crippen molar-refractivity contribution in [1.29, 1.82) is 0 Å². The average Bonchev–Trinajstić information content (AvgIpc) is 3.13. The third kappa shape index (κ3) is 7.52. The summed E-state index contributed by atoms with van der Waals surface area (Å²) >= 11 is 0. The summed E-state index contributed by atoms with van der Waals surface area (Å²) in [5.41, 5.74) is 0.290. The second-order valence-electron chi connectivity index (χ2n) is 8.34. The molecular formula is C20H40N4O3S. The minimum absolute atomic E-state index is 0.290. The van der Waals surface area contributed by atoms with Crippen LogP contribution in [0.4, 0.5) is 0 Å². The van der Waals surface area contributed by atoms with Crippen LogP contribution in [0.25, 0.3) is 0 Å². The van der Waals surface area contributed by atoms with Gasteiger partial charge in [0.2, 0.25) is 10.0 Å². The van der Waals surface area contributed by atoms with E-state index in [2.05, 4.69) is 17.6 Å². The van der Waals surface area contributed by atoms with Gasteiger partial charge in [0.1, 0.15) is 0 Å². The summed E-state index contributed by atoms with van der Waals surface area (Å²) < 4.78 is 30.5. The van der Waals surface area contributed by atoms with Crippen LogP contribution >= 0.6 is 0 Å². The van der Waals surface area contributed by atoms with Crippen LogP contribution in [-0.4, -0.2) is 70.9 Å². The Kier molecular flexibility index (Phi) is 9.50. The first-order chi connectivity index (χ1) is 13.4. The summed E-state index contributed by atoms with van der Waals surface area (Å²) in [5.74, 6) is 1.37. The number of nitrogens with zero attached hydrogens (tertiary/aromatic N) is 2. The monoisotopic (exact) mass is 416 g/mol. The highest BCUT2D eigenvalue weighted by molar-refractivity contribution is 7.88. The van der Waals surface area contributed by atoms with E-state index in [1.807, 2.05) is 6.92 Å². The van der Waals surface area contributed by atoms with Crippen LogP contribution in [0.15, 0.2) is 4.99 Å². The Morgan fingerprint density at radius 1 is 1.18 bits per heavy atom. The maximum atomic E-state index is 11.7. The lowest BCUT2D eigenvalue weighted by Crippen LogP contribution is -2.44. The molecule has 0 amide bonds. The van der Waals surface area contributed by atoms with E-state index >= 15 is 0 Å². The number of hydrogen-bond donors (Lipinski definition) is 2. The molecule has 1 saturated heterocycles. The molecule has 2 rings (SSSR count). The van der Waals surface area contributed by atoms with Crippen LogP contribution in [0, 0.1) is 11.3 Å². The number of piperidine rings is 1. The maximum Gasteiger partial charge on any atom is 0.211 e. The molecule has 1 aliphatic heterocycles. The topological polar surface area (TPSA) is 83.0 Å². The molecule has 7 nitrogen and oxygen atoms in total. The van der Waals surface area contributed by atoms with E-state index in [0.717, 1.165) is 58.1 Å². The summed E-state index contributed by atoms with van der Waals surface area (Å²) in [7, 11) is -3.06. The van der Waals surface area contributed by atoms with Gasteiger partial charge in [-0.1, -0.05) is 12.8 Å². The van der Waals surface area contributed by atoms with Crippen molar-refractivity contribution in [2.45, 2.75) is 58.8 Å². The molecule has 0 spiro atoms. The van der Waals surface area contributed by atoms with Gasteiger partial charge < -0.3 is 15.4 Å². The molecule has 1 saturated carbocycles. The Hall–Kier alpha value is -0.860. The second-order valence-corrected chi connectivity index (χ2v) is 10.3. The fraction of sp³-hybridized carbons (Fsp3) is 0.950. The summed E-state index contributed by atoms with van der Waals surface area (Å²) in [6.07, 6.45) is 9.27. The molecule has 8 heteroatoms. The summed E-state index contributed by atoms with van der Waals surface area (Å²) in [4.78, 5) is 4.92. The third-order valence-corrected chi connectivity index (χ3v) is 7.47. The molecule has 0 unspecified atom stereocenters. The van der Waals surface area contributed by atoms with Crippen molar-refractivity contribution in [1.82, 2.24) is 14.9 Å². The number of nitrogens with one attached hydrogen (secondary N) is 2. The minimum Gasteiger partial charge on any atom is -0.382 e. The summed E-state index contributed by atoms with van der Waals surface area (Å²) in [6, 6.07) is 0. The van der Waals surface area contributed by atoms with Gasteiger partial charge in [-0.15, -0.1) is 0 Å². The van der Waals surface area contributed by atoms with Crippen LogP contribution in [0.3, 0.4) is 0 Å². The van der Waals surface area contributed by atoms with E-state index in [4.69, 9.17) is 9.73 Å².